The molecular formula is C8H8O4. The van der Waals surface area contributed by atoms with Gasteiger partial charge in [-0.1, -0.05) is 0 Å². The van der Waals surface area contributed by atoms with Crippen molar-refractivity contribution in [3.05, 3.63) is 23.7 Å². The van der Waals surface area contributed by atoms with Crippen molar-refractivity contribution in [3.8, 4) is 0 Å². The monoisotopic (exact) mass is 168 g/mol. The molecule has 0 saturated heterocycles. The van der Waals surface area contributed by atoms with Crippen molar-refractivity contribution in [2.45, 2.75) is 6.42 Å². The Hall–Kier alpha value is -1.58. The minimum Gasteiger partial charge on any atom is -0.469 e. The smallest absolute Gasteiger partial charge is 0.313 e. The van der Waals surface area contributed by atoms with E-state index in [9.17, 15) is 9.59 Å². The van der Waals surface area contributed by atoms with Crippen LogP contribution >= 0.6 is 0 Å². The fourth-order valence-corrected chi connectivity index (χ4v) is 0.767. The van der Waals surface area contributed by atoms with E-state index in [1.807, 2.05) is 0 Å². The molecule has 1 heterocycles. The van der Waals surface area contributed by atoms with E-state index in [0.717, 1.165) is 0 Å². The van der Waals surface area contributed by atoms with Crippen molar-refractivity contribution in [2.24, 2.45) is 0 Å². The number of aldehydes is 1. The molecule has 0 aliphatic rings. The third kappa shape index (κ3) is 1.95. The first-order valence-electron chi connectivity index (χ1n) is 3.37. The lowest BCUT2D eigenvalue weighted by molar-refractivity contribution is -0.140. The Morgan fingerprint density at radius 2 is 2.42 bits per heavy atom. The number of rotatable bonds is 3. The molecule has 4 heteroatoms. The van der Waals surface area contributed by atoms with E-state index in [1.165, 1.54) is 13.2 Å². The summed E-state index contributed by atoms with van der Waals surface area (Å²) < 4.78 is 9.35. The second kappa shape index (κ2) is 3.71. The highest BCUT2D eigenvalue weighted by atomic mass is 16.5. The van der Waals surface area contributed by atoms with Gasteiger partial charge in [-0.15, -0.1) is 0 Å². The van der Waals surface area contributed by atoms with Crippen LogP contribution in [0.15, 0.2) is 16.5 Å². The summed E-state index contributed by atoms with van der Waals surface area (Å²) in [5.74, 6) is 0.264. The third-order valence-electron chi connectivity index (χ3n) is 1.34. The summed E-state index contributed by atoms with van der Waals surface area (Å²) in [6.45, 7) is 0. The maximum atomic E-state index is 10.7. The second-order valence-corrected chi connectivity index (χ2v) is 2.17. The molecule has 0 aliphatic heterocycles. The first kappa shape index (κ1) is 8.52. The van der Waals surface area contributed by atoms with E-state index in [1.54, 1.807) is 6.07 Å². The van der Waals surface area contributed by atoms with E-state index >= 15 is 0 Å². The van der Waals surface area contributed by atoms with Gasteiger partial charge in [0.2, 0.25) is 0 Å². The van der Waals surface area contributed by atoms with Gasteiger partial charge in [0.25, 0.3) is 0 Å². The maximum absolute atomic E-state index is 10.7. The van der Waals surface area contributed by atoms with Crippen LogP contribution in [-0.4, -0.2) is 19.4 Å². The number of carbonyl (C=O) groups excluding carboxylic acids is 2. The van der Waals surface area contributed by atoms with Gasteiger partial charge in [-0.25, -0.2) is 0 Å². The number of hydrogen-bond donors (Lipinski definition) is 0. The lowest BCUT2D eigenvalue weighted by Crippen LogP contribution is -2.03. The van der Waals surface area contributed by atoms with E-state index in [0.29, 0.717) is 12.0 Å². The van der Waals surface area contributed by atoms with E-state index in [-0.39, 0.29) is 18.2 Å². The van der Waals surface area contributed by atoms with Crippen LogP contribution in [0.2, 0.25) is 0 Å². The highest BCUT2D eigenvalue weighted by molar-refractivity contribution is 5.73. The lowest BCUT2D eigenvalue weighted by Gasteiger charge is -1.93. The minimum atomic E-state index is -0.387. The van der Waals surface area contributed by atoms with Crippen LogP contribution < -0.4 is 0 Å². The molecule has 0 spiro atoms. The van der Waals surface area contributed by atoms with Gasteiger partial charge in [-0.2, -0.15) is 0 Å². The Bertz CT molecular complexity index is 287. The first-order valence-corrected chi connectivity index (χ1v) is 3.37. The molecule has 1 aromatic rings. The summed E-state index contributed by atoms with van der Waals surface area (Å²) >= 11 is 0. The third-order valence-corrected chi connectivity index (χ3v) is 1.34. The first-order chi connectivity index (χ1) is 5.76. The molecule has 0 amide bonds. The van der Waals surface area contributed by atoms with Gasteiger partial charge in [0.05, 0.1) is 7.11 Å². The number of furan rings is 1. The summed E-state index contributed by atoms with van der Waals surface area (Å²) in [5.41, 5.74) is 0. The zero-order valence-electron chi connectivity index (χ0n) is 6.57. The predicted molar refractivity (Wildman–Crippen MR) is 39.8 cm³/mol. The van der Waals surface area contributed by atoms with Gasteiger partial charge in [0.15, 0.2) is 12.0 Å². The van der Waals surface area contributed by atoms with Crippen molar-refractivity contribution in [1.82, 2.24) is 0 Å². The van der Waals surface area contributed by atoms with Crippen LogP contribution in [0.1, 0.15) is 16.3 Å². The fourth-order valence-electron chi connectivity index (χ4n) is 0.767. The van der Waals surface area contributed by atoms with Gasteiger partial charge < -0.3 is 9.15 Å². The van der Waals surface area contributed by atoms with Gasteiger partial charge in [0, 0.05) is 0 Å². The number of methoxy groups -OCH3 is 1. The highest BCUT2D eigenvalue weighted by Gasteiger charge is 2.06. The molecular weight excluding hydrogens is 160 g/mol. The second-order valence-electron chi connectivity index (χ2n) is 2.17. The van der Waals surface area contributed by atoms with Gasteiger partial charge in [-0.05, 0) is 12.1 Å². The molecule has 0 fully saturated rings. The van der Waals surface area contributed by atoms with Crippen molar-refractivity contribution in [3.63, 3.8) is 0 Å². The average molecular weight is 168 g/mol. The molecule has 0 atom stereocenters. The van der Waals surface area contributed by atoms with Gasteiger partial charge in [0.1, 0.15) is 12.2 Å². The molecule has 64 valence electrons. The Morgan fingerprint density at radius 1 is 1.67 bits per heavy atom. The zero-order chi connectivity index (χ0) is 8.97. The Kier molecular flexibility index (Phi) is 2.63. The SMILES string of the molecule is COC(=O)Cc1ccc(C=O)o1. The standard InChI is InChI=1S/C8H8O4/c1-11-8(10)4-6-2-3-7(5-9)12-6/h2-3,5H,4H2,1H3. The summed E-state index contributed by atoms with van der Waals surface area (Å²) in [6.07, 6.45) is 0.644. The summed E-state index contributed by atoms with van der Waals surface area (Å²) in [6, 6.07) is 3.08. The minimum absolute atomic E-state index is 0.0599. The maximum Gasteiger partial charge on any atom is 0.313 e. The fraction of sp³-hybridized carbons (Fsp3) is 0.250. The molecule has 0 N–H and O–H groups in total. The molecule has 12 heavy (non-hydrogen) atoms. The Balaban J connectivity index is 2.63. The van der Waals surface area contributed by atoms with Crippen LogP contribution in [0.4, 0.5) is 0 Å². The van der Waals surface area contributed by atoms with Gasteiger partial charge >= 0.3 is 5.97 Å². The van der Waals surface area contributed by atoms with Gasteiger partial charge in [-0.3, -0.25) is 9.59 Å². The van der Waals surface area contributed by atoms with Crippen LogP contribution in [-0.2, 0) is 16.0 Å². The van der Waals surface area contributed by atoms with Crippen molar-refractivity contribution >= 4 is 12.3 Å². The highest BCUT2D eigenvalue weighted by Crippen LogP contribution is 2.06. The molecule has 0 saturated carbocycles. The number of esters is 1. The van der Waals surface area contributed by atoms with Crippen LogP contribution in [0.3, 0.4) is 0 Å². The number of ether oxygens (including phenoxy) is 1. The van der Waals surface area contributed by atoms with Crippen molar-refractivity contribution in [1.29, 1.82) is 0 Å². The van der Waals surface area contributed by atoms with Crippen LogP contribution in [0.5, 0.6) is 0 Å². The van der Waals surface area contributed by atoms with Crippen LogP contribution in [0.25, 0.3) is 0 Å². The molecule has 4 nitrogen and oxygen atoms in total. The zero-order valence-corrected chi connectivity index (χ0v) is 6.57. The molecule has 0 radical (unpaired) electrons. The Labute approximate surface area is 69.1 Å². The predicted octanol–water partition coefficient (Wildman–Crippen LogP) is 0.808. The number of hydrogen-bond acceptors (Lipinski definition) is 4. The molecule has 1 aromatic heterocycles. The van der Waals surface area contributed by atoms with E-state index < -0.39 is 0 Å². The summed E-state index contributed by atoms with van der Waals surface area (Å²) in [4.78, 5) is 20.9. The molecule has 0 aliphatic carbocycles. The topological polar surface area (TPSA) is 56.5 Å². The van der Waals surface area contributed by atoms with Crippen molar-refractivity contribution < 1.29 is 18.7 Å². The Morgan fingerprint density at radius 3 is 2.92 bits per heavy atom. The lowest BCUT2D eigenvalue weighted by atomic mass is 10.3. The molecule has 0 bridgehead atoms. The summed E-state index contributed by atoms with van der Waals surface area (Å²) in [7, 11) is 1.30. The molecule has 1 rings (SSSR count). The summed E-state index contributed by atoms with van der Waals surface area (Å²) in [5, 5.41) is 0. The van der Waals surface area contributed by atoms with E-state index in [2.05, 4.69) is 4.74 Å². The molecule has 0 unspecified atom stereocenters. The number of carbonyl (C=O) groups is 2. The van der Waals surface area contributed by atoms with E-state index in [4.69, 9.17) is 4.42 Å². The largest absolute Gasteiger partial charge is 0.469 e. The average Bonchev–Trinajstić information content (AvgIpc) is 2.52. The van der Waals surface area contributed by atoms with Crippen molar-refractivity contribution in [2.75, 3.05) is 7.11 Å². The molecule has 0 aromatic carbocycles. The quantitative estimate of drug-likeness (QED) is 0.495. The van der Waals surface area contributed by atoms with Crippen LogP contribution in [0, 0.1) is 0 Å². The normalized spacial score (nSPS) is 9.42.